The summed E-state index contributed by atoms with van der Waals surface area (Å²) in [5.74, 6) is 1.41. The maximum absolute atomic E-state index is 13.7. The first-order valence-electron chi connectivity index (χ1n) is 11.3. The van der Waals surface area contributed by atoms with Gasteiger partial charge in [0.25, 0.3) is 0 Å². The smallest absolute Gasteiger partial charge is 0.142 e. The quantitative estimate of drug-likeness (QED) is 0.265. The van der Waals surface area contributed by atoms with Gasteiger partial charge in [-0.3, -0.25) is 4.98 Å². The van der Waals surface area contributed by atoms with Crippen LogP contribution in [0.4, 0.5) is 10.2 Å². The minimum Gasteiger partial charge on any atom is -0.351 e. The number of anilines is 1. The minimum atomic E-state index is -0.241. The van der Waals surface area contributed by atoms with Gasteiger partial charge in [-0.2, -0.15) is 0 Å². The number of hydrogen-bond donors (Lipinski definition) is 0. The Bertz CT molecular complexity index is 1400. The van der Waals surface area contributed by atoms with Crippen LogP contribution in [0.25, 0.3) is 21.3 Å². The molecule has 3 heterocycles. The molecule has 0 saturated heterocycles. The molecule has 0 saturated carbocycles. The monoisotopic (exact) mass is 468 g/mol. The Balaban J connectivity index is 1.64. The van der Waals surface area contributed by atoms with Crippen LogP contribution in [-0.2, 0) is 13.0 Å². The first kappa shape index (κ1) is 22.2. The van der Waals surface area contributed by atoms with Crippen molar-refractivity contribution in [2.75, 3.05) is 11.4 Å². The average Bonchev–Trinajstić information content (AvgIpc) is 3.18. The largest absolute Gasteiger partial charge is 0.351 e. The number of rotatable bonds is 7. The lowest BCUT2D eigenvalue weighted by Gasteiger charge is -2.25. The highest BCUT2D eigenvalue weighted by atomic mass is 32.1. The second-order valence-corrected chi connectivity index (χ2v) is 9.50. The van der Waals surface area contributed by atoms with Gasteiger partial charge in [0.1, 0.15) is 22.3 Å². The molecule has 0 spiro atoms. The molecule has 3 aromatic heterocycles. The van der Waals surface area contributed by atoms with Crippen LogP contribution in [0.5, 0.6) is 0 Å². The molecule has 0 aliphatic carbocycles. The molecule has 0 amide bonds. The first-order valence-corrected chi connectivity index (χ1v) is 12.1. The molecule has 6 heteroatoms. The van der Waals surface area contributed by atoms with Crippen molar-refractivity contribution in [2.24, 2.45) is 0 Å². The molecule has 0 N–H and O–H groups in total. The zero-order chi connectivity index (χ0) is 23.5. The topological polar surface area (TPSA) is 41.9 Å². The van der Waals surface area contributed by atoms with Crippen molar-refractivity contribution in [3.05, 3.63) is 107 Å². The molecule has 0 aliphatic rings. The van der Waals surface area contributed by atoms with E-state index in [9.17, 15) is 4.39 Å². The van der Waals surface area contributed by atoms with E-state index in [1.165, 1.54) is 17.7 Å². The molecule has 5 rings (SSSR count). The summed E-state index contributed by atoms with van der Waals surface area (Å²) in [6, 6.07) is 23.1. The van der Waals surface area contributed by atoms with Crippen LogP contribution in [0.1, 0.15) is 22.0 Å². The lowest BCUT2D eigenvalue weighted by Crippen LogP contribution is -2.27. The normalized spacial score (nSPS) is 11.1. The first-order chi connectivity index (χ1) is 16.6. The second kappa shape index (κ2) is 9.69. The number of halogens is 1. The maximum Gasteiger partial charge on any atom is 0.142 e. The summed E-state index contributed by atoms with van der Waals surface area (Å²) < 4.78 is 13.7. The molecule has 5 aromatic rings. The predicted octanol–water partition coefficient (Wildman–Crippen LogP) is 6.76. The predicted molar refractivity (Wildman–Crippen MR) is 138 cm³/mol. The standard InChI is InChI=1S/C28H25FN4S/c1-19-25(22-11-13-23(29)14-12-22)26-27(31-20(2)32-28(26)34-19)33(18-21-8-4-3-5-9-21)17-15-24-10-6-7-16-30-24/h3-14,16H,15,17-18H2,1-2H3. The van der Waals surface area contributed by atoms with Crippen LogP contribution in [0.2, 0.25) is 0 Å². The molecule has 0 atom stereocenters. The Morgan fingerprint density at radius 3 is 2.38 bits per heavy atom. The van der Waals surface area contributed by atoms with Crippen molar-refractivity contribution in [2.45, 2.75) is 26.8 Å². The summed E-state index contributed by atoms with van der Waals surface area (Å²) in [7, 11) is 0. The van der Waals surface area contributed by atoms with Gasteiger partial charge in [-0.15, -0.1) is 11.3 Å². The zero-order valence-electron chi connectivity index (χ0n) is 19.2. The lowest BCUT2D eigenvalue weighted by molar-refractivity contribution is 0.628. The van der Waals surface area contributed by atoms with Gasteiger partial charge in [0.05, 0.1) is 5.39 Å². The Morgan fingerprint density at radius 1 is 0.882 bits per heavy atom. The molecular weight excluding hydrogens is 443 g/mol. The van der Waals surface area contributed by atoms with Gasteiger partial charge in [0.2, 0.25) is 0 Å². The molecule has 0 fully saturated rings. The number of nitrogens with zero attached hydrogens (tertiary/aromatic N) is 4. The highest BCUT2D eigenvalue weighted by Crippen LogP contribution is 2.42. The number of fused-ring (bicyclic) bond motifs is 1. The molecule has 4 nitrogen and oxygen atoms in total. The molecule has 0 aliphatic heterocycles. The third kappa shape index (κ3) is 4.68. The Hall–Kier alpha value is -3.64. The van der Waals surface area contributed by atoms with Crippen molar-refractivity contribution in [1.82, 2.24) is 15.0 Å². The lowest BCUT2D eigenvalue weighted by atomic mass is 10.0. The van der Waals surface area contributed by atoms with Crippen LogP contribution in [0.3, 0.4) is 0 Å². The van der Waals surface area contributed by atoms with E-state index in [0.29, 0.717) is 0 Å². The number of pyridine rings is 1. The number of aromatic nitrogens is 3. The fraction of sp³-hybridized carbons (Fsp3) is 0.179. The molecule has 0 bridgehead atoms. The fourth-order valence-electron chi connectivity index (χ4n) is 4.25. The maximum atomic E-state index is 13.7. The third-order valence-corrected chi connectivity index (χ3v) is 6.83. The van der Waals surface area contributed by atoms with Gasteiger partial charge in [0.15, 0.2) is 0 Å². The average molecular weight is 469 g/mol. The van der Waals surface area contributed by atoms with Crippen molar-refractivity contribution in [1.29, 1.82) is 0 Å². The third-order valence-electron chi connectivity index (χ3n) is 5.83. The van der Waals surface area contributed by atoms with Crippen molar-refractivity contribution in [3.8, 4) is 11.1 Å². The summed E-state index contributed by atoms with van der Waals surface area (Å²) in [5, 5.41) is 1.02. The minimum absolute atomic E-state index is 0.241. The highest BCUT2D eigenvalue weighted by molar-refractivity contribution is 7.19. The zero-order valence-corrected chi connectivity index (χ0v) is 20.0. The van der Waals surface area contributed by atoms with E-state index in [1.54, 1.807) is 11.3 Å². The molecule has 0 unspecified atom stereocenters. The van der Waals surface area contributed by atoms with Crippen LogP contribution in [0, 0.1) is 19.7 Å². The number of hydrogen-bond acceptors (Lipinski definition) is 5. The summed E-state index contributed by atoms with van der Waals surface area (Å²) in [6.45, 7) is 5.51. The Kier molecular flexibility index (Phi) is 6.32. The van der Waals surface area contributed by atoms with Crippen LogP contribution in [0.15, 0.2) is 79.0 Å². The van der Waals surface area contributed by atoms with E-state index in [2.05, 4.69) is 47.1 Å². The van der Waals surface area contributed by atoms with E-state index < -0.39 is 0 Å². The van der Waals surface area contributed by atoms with Crippen LogP contribution >= 0.6 is 11.3 Å². The Labute approximate surface area is 202 Å². The van der Waals surface area contributed by atoms with E-state index >= 15 is 0 Å². The van der Waals surface area contributed by atoms with E-state index in [4.69, 9.17) is 9.97 Å². The van der Waals surface area contributed by atoms with Gasteiger partial charge >= 0.3 is 0 Å². The van der Waals surface area contributed by atoms with E-state index in [0.717, 1.165) is 63.1 Å². The molecular formula is C28H25FN4S. The highest BCUT2D eigenvalue weighted by Gasteiger charge is 2.22. The summed E-state index contributed by atoms with van der Waals surface area (Å²) >= 11 is 1.66. The van der Waals surface area contributed by atoms with Crippen molar-refractivity contribution in [3.63, 3.8) is 0 Å². The van der Waals surface area contributed by atoms with Gasteiger partial charge in [-0.25, -0.2) is 14.4 Å². The summed E-state index contributed by atoms with van der Waals surface area (Å²) in [6.07, 6.45) is 2.63. The van der Waals surface area contributed by atoms with Crippen molar-refractivity contribution < 1.29 is 4.39 Å². The number of aryl methyl sites for hydroxylation is 2. The molecule has 0 radical (unpaired) electrons. The summed E-state index contributed by atoms with van der Waals surface area (Å²) in [4.78, 5) is 18.7. The fourth-order valence-corrected chi connectivity index (χ4v) is 5.33. The van der Waals surface area contributed by atoms with E-state index in [1.807, 2.05) is 43.5 Å². The Morgan fingerprint density at radius 2 is 1.65 bits per heavy atom. The van der Waals surface area contributed by atoms with Gasteiger partial charge in [-0.1, -0.05) is 48.5 Å². The van der Waals surface area contributed by atoms with Crippen LogP contribution in [-0.4, -0.2) is 21.5 Å². The van der Waals surface area contributed by atoms with E-state index in [-0.39, 0.29) is 5.82 Å². The number of benzene rings is 2. The van der Waals surface area contributed by atoms with Gasteiger partial charge in [-0.05, 0) is 49.2 Å². The molecule has 34 heavy (non-hydrogen) atoms. The van der Waals surface area contributed by atoms with Crippen LogP contribution < -0.4 is 4.90 Å². The SMILES string of the molecule is Cc1nc(N(CCc2ccccn2)Cc2ccccc2)c2c(-c3ccc(F)cc3)c(C)sc2n1. The number of thiophene rings is 1. The summed E-state index contributed by atoms with van der Waals surface area (Å²) in [5.41, 5.74) is 4.31. The van der Waals surface area contributed by atoms with Gasteiger partial charge < -0.3 is 4.90 Å². The molecule has 170 valence electrons. The molecule has 2 aromatic carbocycles. The van der Waals surface area contributed by atoms with Crippen molar-refractivity contribution >= 4 is 27.4 Å². The van der Waals surface area contributed by atoms with Gasteiger partial charge in [0, 0.05) is 41.8 Å². The second-order valence-electron chi connectivity index (χ2n) is 8.29.